The Kier molecular flexibility index (Phi) is 4.86. The molecule has 0 atom stereocenters. The summed E-state index contributed by atoms with van der Waals surface area (Å²) in [5.74, 6) is -0.351. The molecule has 0 aliphatic heterocycles. The molecule has 0 radical (unpaired) electrons. The summed E-state index contributed by atoms with van der Waals surface area (Å²) in [6.07, 6.45) is 2.66. The monoisotopic (exact) mass is 250 g/mol. The molecule has 0 fully saturated rings. The number of hydrogen-bond donors (Lipinski definition) is 1. The number of hydrogen-bond acceptors (Lipinski definition) is 5. The smallest absolute Gasteiger partial charge is 0.330 e. The van der Waals surface area contributed by atoms with E-state index in [0.717, 1.165) is 0 Å². The van der Waals surface area contributed by atoms with E-state index >= 15 is 0 Å². The number of pyridine rings is 1. The molecule has 18 heavy (non-hydrogen) atoms. The van der Waals surface area contributed by atoms with Gasteiger partial charge < -0.3 is 14.8 Å². The van der Waals surface area contributed by atoms with Gasteiger partial charge in [0.05, 0.1) is 19.9 Å². The fraction of sp³-hybridized carbons (Fsp3) is 0.250. The second-order valence-corrected chi connectivity index (χ2v) is 3.25. The van der Waals surface area contributed by atoms with E-state index in [0.29, 0.717) is 11.4 Å². The van der Waals surface area contributed by atoms with E-state index in [1.165, 1.54) is 39.5 Å². The van der Waals surface area contributed by atoms with E-state index in [4.69, 9.17) is 4.74 Å². The zero-order chi connectivity index (χ0) is 13.5. The summed E-state index contributed by atoms with van der Waals surface area (Å²) in [6.45, 7) is 0. The maximum atomic E-state index is 11.5. The molecule has 0 aliphatic carbocycles. The number of aromatic nitrogens is 1. The summed E-state index contributed by atoms with van der Waals surface area (Å²) in [5, 5.41) is 2.46. The third-order valence-corrected chi connectivity index (χ3v) is 2.11. The van der Waals surface area contributed by atoms with Crippen LogP contribution in [0.5, 0.6) is 5.75 Å². The molecule has 0 aromatic carbocycles. The summed E-state index contributed by atoms with van der Waals surface area (Å²) in [4.78, 5) is 26.5. The standard InChI is InChI=1S/C12H14N2O4/c1-13-12(16)10-7-9(17-2)6-8(14-10)4-5-11(15)18-3/h4-7H,1-3H3,(H,13,16). The van der Waals surface area contributed by atoms with Crippen LogP contribution in [-0.2, 0) is 9.53 Å². The van der Waals surface area contributed by atoms with Crippen molar-refractivity contribution in [1.82, 2.24) is 10.3 Å². The van der Waals surface area contributed by atoms with Gasteiger partial charge in [0, 0.05) is 25.3 Å². The lowest BCUT2D eigenvalue weighted by Crippen LogP contribution is -2.19. The van der Waals surface area contributed by atoms with Gasteiger partial charge in [-0.25, -0.2) is 9.78 Å². The van der Waals surface area contributed by atoms with Crippen molar-refractivity contribution >= 4 is 18.0 Å². The molecule has 0 saturated carbocycles. The molecule has 1 amide bonds. The third kappa shape index (κ3) is 3.58. The van der Waals surface area contributed by atoms with Crippen LogP contribution in [0.1, 0.15) is 16.2 Å². The number of rotatable bonds is 4. The Bertz CT molecular complexity index is 483. The Hall–Kier alpha value is -2.37. The summed E-state index contributed by atoms with van der Waals surface area (Å²) >= 11 is 0. The SMILES string of the molecule is CNC(=O)c1cc(OC)cc(C=CC(=O)OC)n1. The summed E-state index contributed by atoms with van der Waals surface area (Å²) in [5.41, 5.74) is 0.639. The quantitative estimate of drug-likeness (QED) is 0.626. The molecule has 0 spiro atoms. The predicted octanol–water partition coefficient (Wildman–Crippen LogP) is 0.636. The predicted molar refractivity (Wildman–Crippen MR) is 65.2 cm³/mol. The lowest BCUT2D eigenvalue weighted by atomic mass is 10.2. The molecule has 6 heteroatoms. The van der Waals surface area contributed by atoms with Crippen LogP contribution >= 0.6 is 0 Å². The number of nitrogens with zero attached hydrogens (tertiary/aromatic N) is 1. The number of amides is 1. The molecule has 0 aliphatic rings. The van der Waals surface area contributed by atoms with Gasteiger partial charge in [0.2, 0.25) is 0 Å². The maximum Gasteiger partial charge on any atom is 0.330 e. The fourth-order valence-corrected chi connectivity index (χ4v) is 1.19. The van der Waals surface area contributed by atoms with Crippen molar-refractivity contribution in [2.75, 3.05) is 21.3 Å². The molecule has 96 valence electrons. The highest BCUT2D eigenvalue weighted by atomic mass is 16.5. The highest BCUT2D eigenvalue weighted by Crippen LogP contribution is 2.15. The van der Waals surface area contributed by atoms with E-state index < -0.39 is 5.97 Å². The number of ether oxygens (including phenoxy) is 2. The molecular formula is C12H14N2O4. The van der Waals surface area contributed by atoms with Crippen LogP contribution in [0.4, 0.5) is 0 Å². The Labute approximate surface area is 105 Å². The normalized spacial score (nSPS) is 10.2. The van der Waals surface area contributed by atoms with Gasteiger partial charge in [-0.05, 0) is 6.08 Å². The molecule has 1 aromatic rings. The van der Waals surface area contributed by atoms with E-state index in [1.54, 1.807) is 6.07 Å². The first-order valence-corrected chi connectivity index (χ1v) is 5.15. The van der Waals surface area contributed by atoms with Crippen LogP contribution < -0.4 is 10.1 Å². The zero-order valence-corrected chi connectivity index (χ0v) is 10.4. The van der Waals surface area contributed by atoms with E-state index in [-0.39, 0.29) is 11.6 Å². The van der Waals surface area contributed by atoms with Crippen molar-refractivity contribution in [2.45, 2.75) is 0 Å². The van der Waals surface area contributed by atoms with Crippen molar-refractivity contribution in [3.63, 3.8) is 0 Å². The Morgan fingerprint density at radius 1 is 1.33 bits per heavy atom. The lowest BCUT2D eigenvalue weighted by molar-refractivity contribution is -0.134. The minimum Gasteiger partial charge on any atom is -0.497 e. The fourth-order valence-electron chi connectivity index (χ4n) is 1.19. The van der Waals surface area contributed by atoms with Crippen molar-refractivity contribution in [3.05, 3.63) is 29.6 Å². The minimum absolute atomic E-state index is 0.210. The maximum absolute atomic E-state index is 11.5. The first-order chi connectivity index (χ1) is 8.60. The molecule has 0 saturated heterocycles. The largest absolute Gasteiger partial charge is 0.497 e. The summed E-state index contributed by atoms with van der Waals surface area (Å²) in [7, 11) is 4.27. The van der Waals surface area contributed by atoms with Gasteiger partial charge in [0.25, 0.3) is 5.91 Å². The van der Waals surface area contributed by atoms with Gasteiger partial charge in [-0.2, -0.15) is 0 Å². The van der Waals surface area contributed by atoms with Gasteiger partial charge >= 0.3 is 5.97 Å². The highest BCUT2D eigenvalue weighted by molar-refractivity contribution is 5.93. The molecule has 0 unspecified atom stereocenters. The average molecular weight is 250 g/mol. The molecule has 0 bridgehead atoms. The van der Waals surface area contributed by atoms with E-state index in [2.05, 4.69) is 15.0 Å². The van der Waals surface area contributed by atoms with Crippen LogP contribution in [0.3, 0.4) is 0 Å². The second kappa shape index (κ2) is 6.39. The number of esters is 1. The lowest BCUT2D eigenvalue weighted by Gasteiger charge is -2.05. The van der Waals surface area contributed by atoms with Crippen LogP contribution in [0.15, 0.2) is 18.2 Å². The number of carbonyl (C=O) groups excluding carboxylic acids is 2. The molecule has 1 rings (SSSR count). The van der Waals surface area contributed by atoms with Gasteiger partial charge in [-0.3, -0.25) is 4.79 Å². The molecular weight excluding hydrogens is 236 g/mol. The first-order valence-electron chi connectivity index (χ1n) is 5.15. The van der Waals surface area contributed by atoms with E-state index in [1.807, 2.05) is 0 Å². The van der Waals surface area contributed by atoms with Crippen molar-refractivity contribution in [1.29, 1.82) is 0 Å². The molecule has 1 heterocycles. The van der Waals surface area contributed by atoms with Gasteiger partial charge in [-0.15, -0.1) is 0 Å². The first kappa shape index (κ1) is 13.7. The van der Waals surface area contributed by atoms with Gasteiger partial charge in [-0.1, -0.05) is 0 Å². The Morgan fingerprint density at radius 2 is 2.06 bits per heavy atom. The second-order valence-electron chi connectivity index (χ2n) is 3.25. The van der Waals surface area contributed by atoms with Gasteiger partial charge in [0.1, 0.15) is 11.4 Å². The number of methoxy groups -OCH3 is 2. The highest BCUT2D eigenvalue weighted by Gasteiger charge is 2.08. The molecule has 1 N–H and O–H groups in total. The topological polar surface area (TPSA) is 77.5 Å². The summed E-state index contributed by atoms with van der Waals surface area (Å²) in [6, 6.07) is 3.11. The van der Waals surface area contributed by atoms with Gasteiger partial charge in [0.15, 0.2) is 0 Å². The van der Waals surface area contributed by atoms with Crippen molar-refractivity contribution in [3.8, 4) is 5.75 Å². The minimum atomic E-state index is -0.499. The zero-order valence-electron chi connectivity index (χ0n) is 10.4. The van der Waals surface area contributed by atoms with Crippen molar-refractivity contribution in [2.24, 2.45) is 0 Å². The van der Waals surface area contributed by atoms with Crippen LogP contribution in [-0.4, -0.2) is 38.1 Å². The van der Waals surface area contributed by atoms with E-state index in [9.17, 15) is 9.59 Å². The Balaban J connectivity index is 3.08. The van der Waals surface area contributed by atoms with Crippen molar-refractivity contribution < 1.29 is 19.1 Å². The third-order valence-electron chi connectivity index (χ3n) is 2.11. The summed E-state index contributed by atoms with van der Waals surface area (Å²) < 4.78 is 9.52. The number of carbonyl (C=O) groups is 2. The Morgan fingerprint density at radius 3 is 2.61 bits per heavy atom. The van der Waals surface area contributed by atoms with Crippen LogP contribution in [0, 0.1) is 0 Å². The molecule has 6 nitrogen and oxygen atoms in total. The average Bonchev–Trinajstić information content (AvgIpc) is 2.43. The van der Waals surface area contributed by atoms with Crippen LogP contribution in [0.2, 0.25) is 0 Å². The molecule has 1 aromatic heterocycles. The number of nitrogens with one attached hydrogen (secondary N) is 1. The van der Waals surface area contributed by atoms with Crippen LogP contribution in [0.25, 0.3) is 6.08 Å².